The first-order valence-corrected chi connectivity index (χ1v) is 7.30. The zero-order valence-corrected chi connectivity index (χ0v) is 11.8. The van der Waals surface area contributed by atoms with E-state index in [-0.39, 0.29) is 0 Å². The predicted octanol–water partition coefficient (Wildman–Crippen LogP) is 3.14. The molecule has 2 saturated carbocycles. The molecule has 2 aliphatic carbocycles. The first-order chi connectivity index (χ1) is 7.99. The Hall–Kier alpha value is -0.300. The molecule has 2 fully saturated rings. The minimum Gasteiger partial charge on any atom is -0.476 e. The third-order valence-electron chi connectivity index (χ3n) is 5.49. The molecule has 0 spiro atoms. The third kappa shape index (κ3) is 2.19. The smallest absolute Gasteiger partial charge is 0.0722 e. The lowest BCUT2D eigenvalue weighted by Crippen LogP contribution is -2.89. The summed E-state index contributed by atoms with van der Waals surface area (Å²) in [7, 11) is 4.13. The van der Waals surface area contributed by atoms with E-state index in [9.17, 15) is 0 Å². The molecular formula is C16H29N. The highest BCUT2D eigenvalue weighted by molar-refractivity contribution is 5.15. The monoisotopic (exact) mass is 235 g/mol. The summed E-state index contributed by atoms with van der Waals surface area (Å²) in [5.41, 5.74) is 2.02. The second-order valence-corrected chi connectivity index (χ2v) is 6.90. The average molecular weight is 235 g/mol. The lowest BCUT2D eigenvalue weighted by Gasteiger charge is -2.53. The Morgan fingerprint density at radius 3 is 2.71 bits per heavy atom. The number of hydrogen-bond acceptors (Lipinski definition) is 0. The number of rotatable bonds is 2. The van der Waals surface area contributed by atoms with Crippen molar-refractivity contribution < 1.29 is 5.32 Å². The van der Waals surface area contributed by atoms with Gasteiger partial charge < -0.3 is 5.32 Å². The molecule has 0 heterocycles. The fourth-order valence-electron chi connectivity index (χ4n) is 4.57. The molecule has 4 atom stereocenters. The van der Waals surface area contributed by atoms with Gasteiger partial charge in [0.25, 0.3) is 0 Å². The maximum Gasteiger partial charge on any atom is 0.0722 e. The van der Waals surface area contributed by atoms with Gasteiger partial charge in [0.2, 0.25) is 0 Å². The molecule has 0 aromatic heterocycles. The van der Waals surface area contributed by atoms with E-state index in [1.807, 2.05) is 0 Å². The zero-order chi connectivity index (χ0) is 12.6. The highest BCUT2D eigenvalue weighted by atomic mass is 14.9. The van der Waals surface area contributed by atoms with E-state index in [1.165, 1.54) is 37.7 Å². The number of quaternary nitrogens is 1. The second kappa shape index (κ2) is 4.76. The topological polar surface area (TPSA) is 16.6 Å². The molecule has 2 rings (SSSR count). The van der Waals surface area contributed by atoms with Gasteiger partial charge in [0, 0.05) is 11.8 Å². The Balaban J connectivity index is 2.28. The van der Waals surface area contributed by atoms with Gasteiger partial charge in [0.15, 0.2) is 0 Å². The van der Waals surface area contributed by atoms with Crippen molar-refractivity contribution in [2.24, 2.45) is 23.2 Å². The maximum absolute atomic E-state index is 4.39. The second-order valence-electron chi connectivity index (χ2n) is 6.90. The Morgan fingerprint density at radius 1 is 1.41 bits per heavy atom. The molecule has 4 unspecified atom stereocenters. The summed E-state index contributed by atoms with van der Waals surface area (Å²) in [6, 6.07) is 0.668. The van der Waals surface area contributed by atoms with Crippen LogP contribution >= 0.6 is 0 Å². The van der Waals surface area contributed by atoms with Crippen LogP contribution in [0.3, 0.4) is 0 Å². The molecular weight excluding hydrogens is 206 g/mol. The molecule has 0 bridgehead atoms. The van der Waals surface area contributed by atoms with Crippen molar-refractivity contribution in [3.8, 4) is 0 Å². The van der Waals surface area contributed by atoms with E-state index in [0.717, 1.165) is 11.8 Å². The van der Waals surface area contributed by atoms with Gasteiger partial charge in [-0.05, 0) is 43.4 Å². The van der Waals surface area contributed by atoms with Crippen LogP contribution in [-0.2, 0) is 0 Å². The van der Waals surface area contributed by atoms with Crippen molar-refractivity contribution in [2.45, 2.75) is 58.9 Å². The summed E-state index contributed by atoms with van der Waals surface area (Å²) in [6.45, 7) is 11.6. The van der Waals surface area contributed by atoms with E-state index < -0.39 is 0 Å². The van der Waals surface area contributed by atoms with Crippen LogP contribution in [0.5, 0.6) is 0 Å². The van der Waals surface area contributed by atoms with Crippen molar-refractivity contribution in [1.29, 1.82) is 0 Å². The van der Waals surface area contributed by atoms with Gasteiger partial charge >= 0.3 is 0 Å². The minimum absolute atomic E-state index is 0.513. The molecule has 17 heavy (non-hydrogen) atoms. The lowest BCUT2D eigenvalue weighted by atomic mass is 9.53. The Labute approximate surface area is 107 Å². The summed E-state index contributed by atoms with van der Waals surface area (Å²) in [4.78, 5) is 0. The fourth-order valence-corrected chi connectivity index (χ4v) is 4.57. The number of nitrogens with two attached hydrogens (primary N) is 1. The van der Waals surface area contributed by atoms with Crippen LogP contribution in [0.1, 0.15) is 52.9 Å². The van der Waals surface area contributed by atoms with Crippen LogP contribution in [-0.4, -0.2) is 6.04 Å². The summed E-state index contributed by atoms with van der Waals surface area (Å²) < 4.78 is 0. The van der Waals surface area contributed by atoms with Crippen LogP contribution in [0.25, 0.3) is 0 Å². The summed E-state index contributed by atoms with van der Waals surface area (Å²) in [5.74, 6) is 2.30. The molecule has 98 valence electrons. The summed E-state index contributed by atoms with van der Waals surface area (Å²) >= 11 is 0. The van der Waals surface area contributed by atoms with E-state index in [4.69, 9.17) is 0 Å². The Morgan fingerprint density at radius 2 is 2.12 bits per heavy atom. The zero-order valence-electron chi connectivity index (χ0n) is 11.8. The van der Waals surface area contributed by atoms with E-state index >= 15 is 0 Å². The Bertz CT molecular complexity index is 294. The van der Waals surface area contributed by atoms with Crippen molar-refractivity contribution in [2.75, 3.05) is 0 Å². The van der Waals surface area contributed by atoms with Gasteiger partial charge in [0.05, 0.1) is 6.04 Å². The van der Waals surface area contributed by atoms with Crippen molar-refractivity contribution >= 4 is 0 Å². The molecule has 0 aromatic carbocycles. The highest BCUT2D eigenvalue weighted by Crippen LogP contribution is 2.53. The number of hydrogen-bond donors (Lipinski definition) is 1. The van der Waals surface area contributed by atoms with Gasteiger partial charge in [-0.25, -0.2) is 0 Å². The lowest BCUT2D eigenvalue weighted by molar-refractivity contribution is -0.655. The normalized spacial score (nSPS) is 42.6. The van der Waals surface area contributed by atoms with Gasteiger partial charge in [-0.2, -0.15) is 7.05 Å². The van der Waals surface area contributed by atoms with E-state index in [2.05, 4.69) is 39.7 Å². The first kappa shape index (κ1) is 13.1. The molecule has 0 aliphatic heterocycles. The number of fused-ring (bicyclic) bond motifs is 1. The maximum atomic E-state index is 4.39. The first-order valence-electron chi connectivity index (χ1n) is 7.30. The largest absolute Gasteiger partial charge is 0.476 e. The van der Waals surface area contributed by atoms with Crippen LogP contribution in [0, 0.1) is 30.2 Å². The molecule has 1 heteroatoms. The van der Waals surface area contributed by atoms with E-state index in [0.29, 0.717) is 17.4 Å². The molecule has 1 nitrogen and oxygen atoms in total. The standard InChI is InChI=1S/C16H29N/c1-11(2)13-8-10-16(4)9-6-7-12(3)14(16)15(13)17-5/h11,13-15H,3,5-10,17H2,1-2,4H3. The molecule has 0 amide bonds. The predicted molar refractivity (Wildman–Crippen MR) is 73.2 cm³/mol. The Kier molecular flexibility index (Phi) is 3.68. The van der Waals surface area contributed by atoms with Crippen LogP contribution < -0.4 is 5.32 Å². The average Bonchev–Trinajstić information content (AvgIpc) is 2.26. The van der Waals surface area contributed by atoms with Gasteiger partial charge in [-0.1, -0.05) is 32.9 Å². The fraction of sp³-hybridized carbons (Fsp3) is 0.812. The minimum atomic E-state index is 0.513. The molecule has 0 aromatic rings. The van der Waals surface area contributed by atoms with Crippen molar-refractivity contribution in [3.63, 3.8) is 0 Å². The van der Waals surface area contributed by atoms with Crippen LogP contribution in [0.4, 0.5) is 0 Å². The van der Waals surface area contributed by atoms with Gasteiger partial charge in [0.1, 0.15) is 0 Å². The molecule has 2 N–H and O–H groups in total. The highest BCUT2D eigenvalue weighted by Gasteiger charge is 2.50. The quantitative estimate of drug-likeness (QED) is 0.559. The van der Waals surface area contributed by atoms with Crippen molar-refractivity contribution in [3.05, 3.63) is 19.2 Å². The molecule has 0 radical (unpaired) electrons. The SMILES string of the molecule is C=C1CCCC2(C)CCC(C(C)C)C([NH2+][CH2-])C12. The molecule has 0 saturated heterocycles. The van der Waals surface area contributed by atoms with Crippen molar-refractivity contribution in [1.82, 2.24) is 0 Å². The van der Waals surface area contributed by atoms with Gasteiger partial charge in [-0.3, -0.25) is 0 Å². The van der Waals surface area contributed by atoms with Gasteiger partial charge in [-0.15, -0.1) is 0 Å². The van der Waals surface area contributed by atoms with Crippen LogP contribution in [0.15, 0.2) is 12.2 Å². The molecule has 2 aliphatic rings. The van der Waals surface area contributed by atoms with Crippen LogP contribution in [0.2, 0.25) is 0 Å². The van der Waals surface area contributed by atoms with E-state index in [1.54, 1.807) is 0 Å². The third-order valence-corrected chi connectivity index (χ3v) is 5.49. The summed E-state index contributed by atoms with van der Waals surface area (Å²) in [5, 5.41) is 2.24. The summed E-state index contributed by atoms with van der Waals surface area (Å²) in [6.07, 6.45) is 6.77.